The topological polar surface area (TPSA) is 53.5 Å². The highest BCUT2D eigenvalue weighted by Crippen LogP contribution is 2.23. The summed E-state index contributed by atoms with van der Waals surface area (Å²) < 4.78 is 37.1. The van der Waals surface area contributed by atoms with Gasteiger partial charge in [0.2, 0.25) is 11.8 Å². The number of nitrogens with zero attached hydrogens (tertiary/aromatic N) is 3. The summed E-state index contributed by atoms with van der Waals surface area (Å²) in [6.07, 6.45) is -1.04. The van der Waals surface area contributed by atoms with Crippen molar-refractivity contribution in [1.82, 2.24) is 14.8 Å². The summed E-state index contributed by atoms with van der Waals surface area (Å²) in [6, 6.07) is 2.59. The highest BCUT2D eigenvalue weighted by Gasteiger charge is 2.41. The van der Waals surface area contributed by atoms with Crippen LogP contribution in [0.15, 0.2) is 24.5 Å². The molecule has 1 aliphatic rings. The number of likely N-dealkylation sites (tertiary alicyclic amines) is 1. The van der Waals surface area contributed by atoms with Crippen LogP contribution in [0.3, 0.4) is 0 Å². The van der Waals surface area contributed by atoms with Crippen molar-refractivity contribution in [2.75, 3.05) is 20.1 Å². The quantitative estimate of drug-likeness (QED) is 0.840. The SMILES string of the molecule is CN(C(=O)Cc1cccnc1)[C@@H]1CCN(CC(F)(F)F)C1=O. The molecule has 0 bridgehead atoms. The van der Waals surface area contributed by atoms with Crippen LogP contribution in [0.1, 0.15) is 12.0 Å². The van der Waals surface area contributed by atoms with Gasteiger partial charge in [0.1, 0.15) is 12.6 Å². The Hall–Kier alpha value is -2.12. The van der Waals surface area contributed by atoms with Gasteiger partial charge in [0, 0.05) is 26.0 Å². The molecule has 120 valence electrons. The Kier molecular flexibility index (Phi) is 4.68. The maximum Gasteiger partial charge on any atom is 0.406 e. The Bertz CT molecular complexity index is 548. The van der Waals surface area contributed by atoms with Gasteiger partial charge in [-0.1, -0.05) is 6.07 Å². The standard InChI is InChI=1S/C14H16F3N3O2/c1-19(12(21)7-10-3-2-5-18-8-10)11-4-6-20(13(11)22)9-14(15,16)17/h2-3,5,8,11H,4,6-7,9H2,1H3/t11-/m1/s1. The van der Waals surface area contributed by atoms with Gasteiger partial charge in [-0.3, -0.25) is 14.6 Å². The second-order valence-corrected chi connectivity index (χ2v) is 5.22. The molecule has 0 saturated carbocycles. The van der Waals surface area contributed by atoms with Crippen molar-refractivity contribution in [3.05, 3.63) is 30.1 Å². The molecule has 0 aliphatic carbocycles. The number of aromatic nitrogens is 1. The lowest BCUT2D eigenvalue weighted by atomic mass is 10.1. The molecule has 0 spiro atoms. The summed E-state index contributed by atoms with van der Waals surface area (Å²) in [4.78, 5) is 30.0. The number of carbonyl (C=O) groups excluding carboxylic acids is 2. The molecule has 2 amide bonds. The predicted molar refractivity (Wildman–Crippen MR) is 71.8 cm³/mol. The molecule has 1 fully saturated rings. The molecule has 2 rings (SSSR count). The summed E-state index contributed by atoms with van der Waals surface area (Å²) in [5.74, 6) is -0.973. The van der Waals surface area contributed by atoms with E-state index in [0.29, 0.717) is 5.56 Å². The molecule has 0 N–H and O–H groups in total. The van der Waals surface area contributed by atoms with Gasteiger partial charge in [0.25, 0.3) is 0 Å². The average Bonchev–Trinajstić information content (AvgIpc) is 2.78. The largest absolute Gasteiger partial charge is 0.406 e. The third-order valence-electron chi connectivity index (χ3n) is 3.58. The van der Waals surface area contributed by atoms with Crippen LogP contribution in [0.25, 0.3) is 0 Å². The summed E-state index contributed by atoms with van der Waals surface area (Å²) in [5, 5.41) is 0. The molecule has 1 saturated heterocycles. The first kappa shape index (κ1) is 16.3. The van der Waals surface area contributed by atoms with Crippen LogP contribution < -0.4 is 0 Å². The van der Waals surface area contributed by atoms with Crippen LogP contribution in [0.2, 0.25) is 0 Å². The molecule has 0 radical (unpaired) electrons. The Morgan fingerprint density at radius 2 is 2.23 bits per heavy atom. The molecule has 1 aromatic rings. The molecule has 2 heterocycles. The zero-order chi connectivity index (χ0) is 16.3. The Labute approximate surface area is 125 Å². The second-order valence-electron chi connectivity index (χ2n) is 5.22. The fraction of sp³-hybridized carbons (Fsp3) is 0.500. The average molecular weight is 315 g/mol. The third kappa shape index (κ3) is 3.96. The predicted octanol–water partition coefficient (Wildman–Crippen LogP) is 1.25. The summed E-state index contributed by atoms with van der Waals surface area (Å²) in [6.45, 7) is -1.26. The smallest absolute Gasteiger partial charge is 0.333 e. The molecule has 8 heteroatoms. The zero-order valence-corrected chi connectivity index (χ0v) is 12.0. The molecular weight excluding hydrogens is 299 g/mol. The van der Waals surface area contributed by atoms with Gasteiger partial charge in [0.05, 0.1) is 6.42 Å². The molecule has 22 heavy (non-hydrogen) atoms. The minimum absolute atomic E-state index is 0.00746. The summed E-state index contributed by atoms with van der Waals surface area (Å²) in [5.41, 5.74) is 0.692. The number of rotatable bonds is 4. The van der Waals surface area contributed by atoms with Crippen molar-refractivity contribution in [1.29, 1.82) is 0 Å². The van der Waals surface area contributed by atoms with Gasteiger partial charge in [-0.25, -0.2) is 0 Å². The van der Waals surface area contributed by atoms with E-state index >= 15 is 0 Å². The molecule has 1 atom stereocenters. The Morgan fingerprint density at radius 3 is 2.82 bits per heavy atom. The molecule has 1 aromatic heterocycles. The maximum atomic E-state index is 12.4. The maximum absolute atomic E-state index is 12.4. The monoisotopic (exact) mass is 315 g/mol. The Morgan fingerprint density at radius 1 is 1.50 bits per heavy atom. The van der Waals surface area contributed by atoms with Gasteiger partial charge >= 0.3 is 6.18 Å². The lowest BCUT2D eigenvalue weighted by molar-refractivity contribution is -0.159. The number of pyridine rings is 1. The number of likely N-dealkylation sites (N-methyl/N-ethyl adjacent to an activating group) is 1. The van der Waals surface area contributed by atoms with Gasteiger partial charge in [-0.2, -0.15) is 13.2 Å². The minimum atomic E-state index is -4.43. The fourth-order valence-electron chi connectivity index (χ4n) is 2.43. The lowest BCUT2D eigenvalue weighted by Crippen LogP contribution is -2.45. The van der Waals surface area contributed by atoms with E-state index in [1.54, 1.807) is 18.3 Å². The highest BCUT2D eigenvalue weighted by atomic mass is 19.4. The van der Waals surface area contributed by atoms with E-state index in [1.807, 2.05) is 0 Å². The number of halogens is 3. The van der Waals surface area contributed by atoms with Crippen LogP contribution in [-0.2, 0) is 16.0 Å². The van der Waals surface area contributed by atoms with Gasteiger partial charge in [-0.05, 0) is 18.1 Å². The van der Waals surface area contributed by atoms with Gasteiger partial charge in [-0.15, -0.1) is 0 Å². The van der Waals surface area contributed by atoms with Crippen LogP contribution in [0.4, 0.5) is 13.2 Å². The molecular formula is C14H16F3N3O2. The van der Waals surface area contributed by atoms with E-state index in [0.717, 1.165) is 4.90 Å². The number of carbonyl (C=O) groups is 2. The van der Waals surface area contributed by atoms with Gasteiger partial charge < -0.3 is 9.80 Å². The number of amides is 2. The number of hydrogen-bond acceptors (Lipinski definition) is 3. The van der Waals surface area contributed by atoms with Crippen LogP contribution in [-0.4, -0.2) is 59.0 Å². The van der Waals surface area contributed by atoms with Crippen LogP contribution in [0.5, 0.6) is 0 Å². The molecule has 0 unspecified atom stereocenters. The normalized spacial score (nSPS) is 18.6. The minimum Gasteiger partial charge on any atom is -0.333 e. The first-order valence-corrected chi connectivity index (χ1v) is 6.78. The number of alkyl halides is 3. The lowest BCUT2D eigenvalue weighted by Gasteiger charge is -2.24. The van der Waals surface area contributed by atoms with E-state index in [4.69, 9.17) is 0 Å². The van der Waals surface area contributed by atoms with E-state index in [9.17, 15) is 22.8 Å². The van der Waals surface area contributed by atoms with Crippen LogP contribution >= 0.6 is 0 Å². The highest BCUT2D eigenvalue weighted by molar-refractivity contribution is 5.89. The third-order valence-corrected chi connectivity index (χ3v) is 3.58. The van der Waals surface area contributed by atoms with Gasteiger partial charge in [0.15, 0.2) is 0 Å². The zero-order valence-electron chi connectivity index (χ0n) is 12.0. The van der Waals surface area contributed by atoms with Crippen molar-refractivity contribution >= 4 is 11.8 Å². The number of hydrogen-bond donors (Lipinski definition) is 0. The molecule has 0 aromatic carbocycles. The first-order chi connectivity index (χ1) is 10.3. The van der Waals surface area contributed by atoms with E-state index in [1.165, 1.54) is 18.1 Å². The van der Waals surface area contributed by atoms with Crippen LogP contribution in [0, 0.1) is 0 Å². The second kappa shape index (κ2) is 6.33. The molecule has 5 nitrogen and oxygen atoms in total. The van der Waals surface area contributed by atoms with Crippen molar-refractivity contribution in [3.8, 4) is 0 Å². The Balaban J connectivity index is 1.97. The summed E-state index contributed by atoms with van der Waals surface area (Å²) >= 11 is 0. The van der Waals surface area contributed by atoms with Crippen molar-refractivity contribution < 1.29 is 22.8 Å². The van der Waals surface area contributed by atoms with Crippen molar-refractivity contribution in [2.45, 2.75) is 25.1 Å². The fourth-order valence-corrected chi connectivity index (χ4v) is 2.43. The molecule has 1 aliphatic heterocycles. The van der Waals surface area contributed by atoms with E-state index in [2.05, 4.69) is 4.98 Å². The van der Waals surface area contributed by atoms with E-state index < -0.39 is 24.7 Å². The van der Waals surface area contributed by atoms with Crippen molar-refractivity contribution in [2.24, 2.45) is 0 Å². The van der Waals surface area contributed by atoms with E-state index in [-0.39, 0.29) is 25.3 Å². The summed E-state index contributed by atoms with van der Waals surface area (Å²) in [7, 11) is 1.44. The first-order valence-electron chi connectivity index (χ1n) is 6.78. The van der Waals surface area contributed by atoms with Crippen molar-refractivity contribution in [3.63, 3.8) is 0 Å².